The smallest absolute Gasteiger partial charge is 0.246 e. The first-order valence-corrected chi connectivity index (χ1v) is 10.5. The van der Waals surface area contributed by atoms with Crippen molar-refractivity contribution in [1.29, 1.82) is 0 Å². The first-order chi connectivity index (χ1) is 12.8. The van der Waals surface area contributed by atoms with Crippen molar-refractivity contribution in [2.24, 2.45) is 0 Å². The fraction of sp³-hybridized carbons (Fsp3) is 0.600. The Bertz CT molecular complexity index is 750. The van der Waals surface area contributed by atoms with Gasteiger partial charge in [0.15, 0.2) is 0 Å². The molecule has 146 valence electrons. The van der Waals surface area contributed by atoms with Crippen LogP contribution in [0.4, 0.5) is 4.39 Å². The van der Waals surface area contributed by atoms with Crippen LogP contribution in [0.2, 0.25) is 0 Å². The maximum atomic E-state index is 13.4. The Morgan fingerprint density at radius 3 is 2.63 bits per heavy atom. The minimum Gasteiger partial charge on any atom is -0.388 e. The van der Waals surface area contributed by atoms with Crippen molar-refractivity contribution >= 4 is 23.6 Å². The summed E-state index contributed by atoms with van der Waals surface area (Å²) in [5, 5.41) is 10.6. The average Bonchev–Trinajstić information content (AvgIpc) is 3.32. The summed E-state index contributed by atoms with van der Waals surface area (Å²) in [6.45, 7) is 0.304. The summed E-state index contributed by atoms with van der Waals surface area (Å²) in [7, 11) is 1.71. The number of rotatable bonds is 4. The topological polar surface area (TPSA) is 60.9 Å². The van der Waals surface area contributed by atoms with E-state index in [1.807, 2.05) is 0 Å². The monoisotopic (exact) mass is 392 g/mol. The second-order valence-electron chi connectivity index (χ2n) is 8.01. The maximum absolute atomic E-state index is 13.4. The van der Waals surface area contributed by atoms with Gasteiger partial charge >= 0.3 is 0 Å². The number of hydrogen-bond donors (Lipinski definition) is 1. The SMILES string of the molecule is CN(CC1(O)CCCC1)C(=O)[C@H]1CS[C@]2(c3ccc(F)cc3)CCC(=O)N12. The van der Waals surface area contributed by atoms with Gasteiger partial charge in [-0.05, 0) is 37.0 Å². The van der Waals surface area contributed by atoms with Crippen LogP contribution in [-0.4, -0.2) is 57.7 Å². The Hall–Kier alpha value is -1.60. The Morgan fingerprint density at radius 2 is 1.96 bits per heavy atom. The third-order valence-electron chi connectivity index (χ3n) is 6.15. The van der Waals surface area contributed by atoms with Gasteiger partial charge in [0, 0.05) is 25.8 Å². The Morgan fingerprint density at radius 1 is 1.30 bits per heavy atom. The molecule has 2 saturated heterocycles. The molecule has 0 radical (unpaired) electrons. The molecule has 0 aromatic heterocycles. The van der Waals surface area contributed by atoms with Crippen molar-refractivity contribution in [3.8, 4) is 0 Å². The van der Waals surface area contributed by atoms with E-state index in [2.05, 4.69) is 0 Å². The van der Waals surface area contributed by atoms with E-state index in [4.69, 9.17) is 0 Å². The lowest BCUT2D eigenvalue weighted by atomic mass is 10.0. The third kappa shape index (κ3) is 3.14. The number of hydrogen-bond acceptors (Lipinski definition) is 4. The summed E-state index contributed by atoms with van der Waals surface area (Å²) < 4.78 is 13.4. The molecule has 2 heterocycles. The molecule has 4 rings (SSSR count). The van der Waals surface area contributed by atoms with Crippen LogP contribution in [0.15, 0.2) is 24.3 Å². The molecule has 2 atom stereocenters. The highest BCUT2D eigenvalue weighted by atomic mass is 32.2. The van der Waals surface area contributed by atoms with Crippen molar-refractivity contribution in [1.82, 2.24) is 9.80 Å². The van der Waals surface area contributed by atoms with E-state index in [1.54, 1.807) is 40.7 Å². The molecule has 3 fully saturated rings. The van der Waals surface area contributed by atoms with Crippen LogP contribution < -0.4 is 0 Å². The zero-order valence-electron chi connectivity index (χ0n) is 15.5. The number of nitrogens with zero attached hydrogens (tertiary/aromatic N) is 2. The van der Waals surface area contributed by atoms with E-state index in [-0.39, 0.29) is 17.6 Å². The van der Waals surface area contributed by atoms with Crippen LogP contribution in [0.5, 0.6) is 0 Å². The van der Waals surface area contributed by atoms with Gasteiger partial charge in [0.25, 0.3) is 0 Å². The summed E-state index contributed by atoms with van der Waals surface area (Å²) >= 11 is 1.59. The molecule has 1 aliphatic carbocycles. The Kier molecular flexibility index (Phi) is 4.71. The van der Waals surface area contributed by atoms with Gasteiger partial charge in [-0.25, -0.2) is 4.39 Å². The first-order valence-electron chi connectivity index (χ1n) is 9.54. The van der Waals surface area contributed by atoms with Crippen LogP contribution >= 0.6 is 11.8 Å². The number of amides is 2. The number of likely N-dealkylation sites (N-methyl/N-ethyl adjacent to an activating group) is 1. The van der Waals surface area contributed by atoms with Gasteiger partial charge in [0.1, 0.15) is 16.7 Å². The third-order valence-corrected chi connectivity index (χ3v) is 7.75. The number of halogens is 1. The van der Waals surface area contributed by atoms with Gasteiger partial charge in [0.2, 0.25) is 11.8 Å². The maximum Gasteiger partial charge on any atom is 0.246 e. The van der Waals surface area contributed by atoms with Crippen molar-refractivity contribution in [3.63, 3.8) is 0 Å². The molecule has 5 nitrogen and oxygen atoms in total. The minimum absolute atomic E-state index is 0.0318. The molecule has 1 aromatic carbocycles. The fourth-order valence-corrected chi connectivity index (χ4v) is 6.44. The molecule has 0 bridgehead atoms. The highest BCUT2D eigenvalue weighted by Gasteiger charge is 2.57. The summed E-state index contributed by atoms with van der Waals surface area (Å²) in [6, 6.07) is 5.70. The summed E-state index contributed by atoms with van der Waals surface area (Å²) in [5.41, 5.74) is 0.0614. The van der Waals surface area contributed by atoms with Gasteiger partial charge in [-0.2, -0.15) is 0 Å². The lowest BCUT2D eigenvalue weighted by Crippen LogP contribution is -2.53. The molecule has 0 unspecified atom stereocenters. The standard InChI is InChI=1S/C20H25FN2O3S/c1-22(13-19(26)9-2-3-10-19)18(25)16-12-27-20(11-8-17(24)23(16)20)14-4-6-15(21)7-5-14/h4-7,16,26H,2-3,8-13H2,1H3/t16-,20+/m1/s1. The fourth-order valence-electron chi connectivity index (χ4n) is 4.80. The molecule has 3 aliphatic rings. The Balaban J connectivity index is 1.56. The van der Waals surface area contributed by atoms with E-state index in [9.17, 15) is 19.1 Å². The van der Waals surface area contributed by atoms with E-state index in [0.717, 1.165) is 18.4 Å². The van der Waals surface area contributed by atoms with Gasteiger partial charge in [0.05, 0.1) is 5.60 Å². The average molecular weight is 392 g/mol. The minimum atomic E-state index is -0.806. The molecular weight excluding hydrogens is 367 g/mol. The Labute approximate surface area is 162 Å². The van der Waals surface area contributed by atoms with E-state index >= 15 is 0 Å². The van der Waals surface area contributed by atoms with Gasteiger partial charge < -0.3 is 14.9 Å². The normalized spacial score (nSPS) is 29.2. The van der Waals surface area contributed by atoms with E-state index in [0.29, 0.717) is 38.0 Å². The number of carbonyl (C=O) groups is 2. The number of carbonyl (C=O) groups excluding carboxylic acids is 2. The predicted octanol–water partition coefficient (Wildman–Crippen LogP) is 2.48. The molecule has 1 N–H and O–H groups in total. The molecule has 2 amide bonds. The quantitative estimate of drug-likeness (QED) is 0.855. The summed E-state index contributed by atoms with van der Waals surface area (Å²) in [5.74, 6) is 0.0500. The number of aliphatic hydroxyl groups is 1. The summed E-state index contributed by atoms with van der Waals surface area (Å²) in [4.78, 5) is 28.5. The van der Waals surface area contributed by atoms with Gasteiger partial charge in [-0.3, -0.25) is 9.59 Å². The van der Waals surface area contributed by atoms with Crippen LogP contribution in [-0.2, 0) is 14.5 Å². The van der Waals surface area contributed by atoms with E-state index < -0.39 is 16.5 Å². The highest BCUT2D eigenvalue weighted by Crippen LogP contribution is 2.54. The zero-order valence-corrected chi connectivity index (χ0v) is 16.3. The second-order valence-corrected chi connectivity index (χ2v) is 9.30. The lowest BCUT2D eigenvalue weighted by molar-refractivity contribution is -0.145. The molecular formula is C20H25FN2O3S. The second kappa shape index (κ2) is 6.78. The van der Waals surface area contributed by atoms with Crippen LogP contribution in [0, 0.1) is 5.82 Å². The van der Waals surface area contributed by atoms with Crippen molar-refractivity contribution in [2.75, 3.05) is 19.3 Å². The largest absolute Gasteiger partial charge is 0.388 e. The number of thioether (sulfide) groups is 1. The zero-order chi connectivity index (χ0) is 19.2. The molecule has 2 aliphatic heterocycles. The molecule has 27 heavy (non-hydrogen) atoms. The highest BCUT2D eigenvalue weighted by molar-refractivity contribution is 8.00. The van der Waals surface area contributed by atoms with Gasteiger partial charge in [-0.15, -0.1) is 11.8 Å². The number of fused-ring (bicyclic) bond motifs is 1. The molecule has 7 heteroatoms. The predicted molar refractivity (Wildman–Crippen MR) is 101 cm³/mol. The van der Waals surface area contributed by atoms with Crippen molar-refractivity contribution in [3.05, 3.63) is 35.6 Å². The van der Waals surface area contributed by atoms with Crippen LogP contribution in [0.3, 0.4) is 0 Å². The lowest BCUT2D eigenvalue weighted by Gasteiger charge is -2.36. The van der Waals surface area contributed by atoms with Crippen molar-refractivity contribution < 1.29 is 19.1 Å². The van der Waals surface area contributed by atoms with Crippen LogP contribution in [0.1, 0.15) is 44.1 Å². The summed E-state index contributed by atoms with van der Waals surface area (Å²) in [6.07, 6.45) is 4.41. The van der Waals surface area contributed by atoms with Gasteiger partial charge in [-0.1, -0.05) is 25.0 Å². The first kappa shape index (κ1) is 18.7. The molecule has 1 saturated carbocycles. The molecule has 0 spiro atoms. The van der Waals surface area contributed by atoms with E-state index in [1.165, 1.54) is 12.1 Å². The number of benzene rings is 1. The van der Waals surface area contributed by atoms with Crippen LogP contribution in [0.25, 0.3) is 0 Å². The molecule has 1 aromatic rings. The van der Waals surface area contributed by atoms with Crippen molar-refractivity contribution in [2.45, 2.75) is 55.0 Å².